The lowest BCUT2D eigenvalue weighted by molar-refractivity contribution is 0.323. The molecule has 0 aromatic heterocycles. The number of nitrogens with zero attached hydrogens (tertiary/aromatic N) is 1. The van der Waals surface area contributed by atoms with Gasteiger partial charge in [-0.2, -0.15) is 0 Å². The molecule has 0 amide bonds. The summed E-state index contributed by atoms with van der Waals surface area (Å²) in [6, 6.07) is 4.21. The van der Waals surface area contributed by atoms with Crippen molar-refractivity contribution in [1.82, 2.24) is 10.6 Å². The second kappa shape index (κ2) is 11.2. The van der Waals surface area contributed by atoms with Gasteiger partial charge < -0.3 is 24.8 Å². The van der Waals surface area contributed by atoms with Crippen LogP contribution in [0, 0.1) is 0 Å². The number of guanidine groups is 1. The van der Waals surface area contributed by atoms with Crippen LogP contribution in [0.1, 0.15) is 25.8 Å². The van der Waals surface area contributed by atoms with Gasteiger partial charge in [0.15, 0.2) is 17.5 Å². The summed E-state index contributed by atoms with van der Waals surface area (Å²) in [7, 11) is 6.57. The van der Waals surface area contributed by atoms with Crippen LogP contribution in [0.15, 0.2) is 17.1 Å². The van der Waals surface area contributed by atoms with Crippen molar-refractivity contribution in [2.45, 2.75) is 32.9 Å². The van der Waals surface area contributed by atoms with Gasteiger partial charge in [0.25, 0.3) is 0 Å². The van der Waals surface area contributed by atoms with Crippen molar-refractivity contribution in [1.29, 1.82) is 0 Å². The predicted octanol–water partition coefficient (Wildman–Crippen LogP) is 2.79. The van der Waals surface area contributed by atoms with Crippen LogP contribution < -0.4 is 24.8 Å². The molecule has 132 valence electrons. The van der Waals surface area contributed by atoms with E-state index in [1.165, 1.54) is 0 Å². The molecule has 0 saturated carbocycles. The highest BCUT2D eigenvalue weighted by atomic mass is 127. The first-order valence-electron chi connectivity index (χ1n) is 7.35. The molecule has 0 saturated heterocycles. The van der Waals surface area contributed by atoms with E-state index in [2.05, 4.69) is 29.5 Å². The lowest BCUT2D eigenvalue weighted by atomic mass is 10.2. The van der Waals surface area contributed by atoms with Crippen LogP contribution in [0.5, 0.6) is 17.2 Å². The van der Waals surface area contributed by atoms with Crippen molar-refractivity contribution in [2.75, 3.05) is 28.4 Å². The molecule has 0 aliphatic rings. The minimum atomic E-state index is 0. The van der Waals surface area contributed by atoms with Gasteiger partial charge in [0.1, 0.15) is 0 Å². The molecule has 0 aliphatic heterocycles. The highest BCUT2D eigenvalue weighted by Crippen LogP contribution is 2.38. The summed E-state index contributed by atoms with van der Waals surface area (Å²) in [5.74, 6) is 2.64. The number of rotatable bonds is 7. The average molecular weight is 437 g/mol. The molecule has 1 aromatic carbocycles. The molecule has 0 aliphatic carbocycles. The molecule has 0 heterocycles. The van der Waals surface area contributed by atoms with E-state index in [-0.39, 0.29) is 24.0 Å². The van der Waals surface area contributed by atoms with Crippen LogP contribution in [0.4, 0.5) is 0 Å². The van der Waals surface area contributed by atoms with E-state index in [1.54, 1.807) is 28.4 Å². The Morgan fingerprint density at radius 2 is 1.70 bits per heavy atom. The molecule has 1 aromatic rings. The standard InChI is InChI=1S/C16H27N3O3.HI/c1-7-11(2)19-16(17-3)18-10-12-8-13(20-4)15(22-6)14(9-12)21-5;/h8-9,11H,7,10H2,1-6H3,(H2,17,18,19);1H. The second-order valence-corrected chi connectivity index (χ2v) is 4.91. The quantitative estimate of drug-likeness (QED) is 0.390. The number of hydrogen-bond donors (Lipinski definition) is 2. The summed E-state index contributed by atoms with van der Waals surface area (Å²) in [5, 5.41) is 6.60. The molecule has 1 atom stereocenters. The van der Waals surface area contributed by atoms with Crippen LogP contribution in [-0.2, 0) is 6.54 Å². The van der Waals surface area contributed by atoms with Crippen molar-refractivity contribution in [3.8, 4) is 17.2 Å². The highest BCUT2D eigenvalue weighted by Gasteiger charge is 2.13. The maximum absolute atomic E-state index is 5.36. The summed E-state index contributed by atoms with van der Waals surface area (Å²) >= 11 is 0. The van der Waals surface area contributed by atoms with E-state index in [0.29, 0.717) is 29.8 Å². The topological polar surface area (TPSA) is 64.1 Å². The maximum Gasteiger partial charge on any atom is 0.203 e. The summed E-state index contributed by atoms with van der Waals surface area (Å²) in [4.78, 5) is 4.22. The van der Waals surface area contributed by atoms with Gasteiger partial charge >= 0.3 is 0 Å². The molecule has 0 fully saturated rings. The van der Waals surface area contributed by atoms with Gasteiger partial charge in [-0.3, -0.25) is 4.99 Å². The first-order chi connectivity index (χ1) is 10.6. The lowest BCUT2D eigenvalue weighted by Gasteiger charge is -2.18. The Labute approximate surface area is 156 Å². The first-order valence-corrected chi connectivity index (χ1v) is 7.35. The summed E-state index contributed by atoms with van der Waals surface area (Å²) in [6.45, 7) is 4.85. The molecular weight excluding hydrogens is 409 g/mol. The van der Waals surface area contributed by atoms with Crippen molar-refractivity contribution < 1.29 is 14.2 Å². The van der Waals surface area contributed by atoms with Crippen molar-refractivity contribution >= 4 is 29.9 Å². The highest BCUT2D eigenvalue weighted by molar-refractivity contribution is 14.0. The molecule has 7 heteroatoms. The zero-order valence-corrected chi connectivity index (χ0v) is 17.1. The lowest BCUT2D eigenvalue weighted by Crippen LogP contribution is -2.41. The molecular formula is C16H28IN3O3. The van der Waals surface area contributed by atoms with Crippen LogP contribution in [0.2, 0.25) is 0 Å². The fraction of sp³-hybridized carbons (Fsp3) is 0.562. The largest absolute Gasteiger partial charge is 0.493 e. The van der Waals surface area contributed by atoms with Gasteiger partial charge in [-0.05, 0) is 31.0 Å². The number of benzene rings is 1. The number of methoxy groups -OCH3 is 3. The van der Waals surface area contributed by atoms with Gasteiger partial charge in [-0.1, -0.05) is 6.92 Å². The van der Waals surface area contributed by atoms with E-state index in [4.69, 9.17) is 14.2 Å². The molecule has 2 N–H and O–H groups in total. The molecule has 1 unspecified atom stereocenters. The van der Waals surface area contributed by atoms with Crippen molar-refractivity contribution in [3.63, 3.8) is 0 Å². The van der Waals surface area contributed by atoms with E-state index in [1.807, 2.05) is 12.1 Å². The first kappa shape index (κ1) is 21.6. The molecule has 23 heavy (non-hydrogen) atoms. The monoisotopic (exact) mass is 437 g/mol. The van der Waals surface area contributed by atoms with E-state index < -0.39 is 0 Å². The van der Waals surface area contributed by atoms with Gasteiger partial charge in [0.2, 0.25) is 5.75 Å². The molecule has 0 bridgehead atoms. The molecule has 6 nitrogen and oxygen atoms in total. The van der Waals surface area contributed by atoms with Gasteiger partial charge in [0, 0.05) is 19.6 Å². The molecule has 1 rings (SSSR count). The average Bonchev–Trinajstić information content (AvgIpc) is 2.56. The van der Waals surface area contributed by atoms with Crippen molar-refractivity contribution in [2.24, 2.45) is 4.99 Å². The second-order valence-electron chi connectivity index (χ2n) is 4.91. The zero-order chi connectivity index (χ0) is 16.5. The number of nitrogens with one attached hydrogen (secondary N) is 2. The van der Waals surface area contributed by atoms with E-state index >= 15 is 0 Å². The molecule has 0 spiro atoms. The summed E-state index contributed by atoms with van der Waals surface area (Å²) in [6.07, 6.45) is 1.03. The maximum atomic E-state index is 5.36. The van der Waals surface area contributed by atoms with Crippen LogP contribution in [0.25, 0.3) is 0 Å². The third-order valence-corrected chi connectivity index (χ3v) is 3.40. The number of ether oxygens (including phenoxy) is 3. The van der Waals surface area contributed by atoms with Gasteiger partial charge in [-0.15, -0.1) is 24.0 Å². The Morgan fingerprint density at radius 1 is 1.13 bits per heavy atom. The third kappa shape index (κ3) is 6.32. The minimum Gasteiger partial charge on any atom is -0.493 e. The van der Waals surface area contributed by atoms with E-state index in [9.17, 15) is 0 Å². The van der Waals surface area contributed by atoms with Gasteiger partial charge in [-0.25, -0.2) is 0 Å². The molecule has 0 radical (unpaired) electrons. The normalized spacial score (nSPS) is 12.0. The number of aliphatic imine (C=N–C) groups is 1. The minimum absolute atomic E-state index is 0. The SMILES string of the molecule is CCC(C)NC(=NC)NCc1cc(OC)c(OC)c(OC)c1.I. The number of hydrogen-bond acceptors (Lipinski definition) is 4. The van der Waals surface area contributed by atoms with Crippen LogP contribution in [-0.4, -0.2) is 40.4 Å². The Bertz CT molecular complexity index is 484. The van der Waals surface area contributed by atoms with Crippen LogP contribution in [0.3, 0.4) is 0 Å². The predicted molar refractivity (Wildman–Crippen MR) is 105 cm³/mol. The fourth-order valence-corrected chi connectivity index (χ4v) is 1.95. The third-order valence-electron chi connectivity index (χ3n) is 3.40. The summed E-state index contributed by atoms with van der Waals surface area (Å²) in [5.41, 5.74) is 1.02. The van der Waals surface area contributed by atoms with Crippen molar-refractivity contribution in [3.05, 3.63) is 17.7 Å². The summed E-state index contributed by atoms with van der Waals surface area (Å²) < 4.78 is 16.0. The Morgan fingerprint density at radius 3 is 2.09 bits per heavy atom. The Kier molecular flexibility index (Phi) is 10.5. The Balaban J connectivity index is 0.00000484. The van der Waals surface area contributed by atoms with E-state index in [0.717, 1.165) is 17.9 Å². The number of halogens is 1. The zero-order valence-electron chi connectivity index (χ0n) is 14.7. The van der Waals surface area contributed by atoms with Crippen LogP contribution >= 0.6 is 24.0 Å². The fourth-order valence-electron chi connectivity index (χ4n) is 1.95. The smallest absolute Gasteiger partial charge is 0.203 e. The Hall–Kier alpha value is -1.38. The van der Waals surface area contributed by atoms with Gasteiger partial charge in [0.05, 0.1) is 21.3 Å².